The zero-order valence-electron chi connectivity index (χ0n) is 12.8. The van der Waals surface area contributed by atoms with Crippen LogP contribution in [0.2, 0.25) is 0 Å². The molecule has 1 heteroatoms. The molecule has 0 heterocycles. The fraction of sp³-hybridized carbons (Fsp3) is 0.647. The molecule has 0 saturated heterocycles. The molecule has 0 aliphatic rings. The Hall–Kier alpha value is -0.350. The third-order valence-corrected chi connectivity index (χ3v) is 6.81. The first-order chi connectivity index (χ1) is 8.61. The Labute approximate surface area is 115 Å². The van der Waals surface area contributed by atoms with E-state index >= 15 is 0 Å². The van der Waals surface area contributed by atoms with Crippen LogP contribution >= 0.6 is 7.92 Å². The van der Waals surface area contributed by atoms with Crippen molar-refractivity contribution < 1.29 is 0 Å². The molecular weight excluding hydrogens is 235 g/mol. The van der Waals surface area contributed by atoms with E-state index in [0.29, 0.717) is 0 Å². The van der Waals surface area contributed by atoms with Gasteiger partial charge in [-0.1, -0.05) is 46.7 Å². The molecule has 0 saturated carbocycles. The number of aryl methyl sites for hydroxylation is 1. The van der Waals surface area contributed by atoms with Crippen LogP contribution in [-0.4, -0.2) is 12.3 Å². The summed E-state index contributed by atoms with van der Waals surface area (Å²) in [6.07, 6.45) is 8.29. The molecule has 1 aromatic rings. The minimum absolute atomic E-state index is 0.0830. The van der Waals surface area contributed by atoms with Crippen LogP contribution in [-0.2, 0) is 0 Å². The third-order valence-electron chi connectivity index (χ3n) is 3.93. The van der Waals surface area contributed by atoms with E-state index in [1.165, 1.54) is 49.1 Å². The van der Waals surface area contributed by atoms with Crippen LogP contribution in [0.25, 0.3) is 0 Å². The van der Waals surface area contributed by atoms with Gasteiger partial charge in [-0.05, 0) is 67.9 Å². The summed E-state index contributed by atoms with van der Waals surface area (Å²) in [7, 11) is 0.0830. The lowest BCUT2D eigenvalue weighted by molar-refractivity contribution is 0.870. The Balaban J connectivity index is 2.93. The first-order valence-corrected chi connectivity index (χ1v) is 9.14. The fourth-order valence-electron chi connectivity index (χ4n) is 2.34. The summed E-state index contributed by atoms with van der Waals surface area (Å²) in [5, 5.41) is 1.68. The van der Waals surface area contributed by atoms with Crippen molar-refractivity contribution >= 4 is 13.2 Å². The molecule has 102 valence electrons. The summed E-state index contributed by atoms with van der Waals surface area (Å²) in [5.41, 5.74) is 4.51. The minimum Gasteiger partial charge on any atom is -0.0750 e. The molecule has 0 aliphatic heterocycles. The van der Waals surface area contributed by atoms with Crippen molar-refractivity contribution in [3.05, 3.63) is 28.8 Å². The maximum Gasteiger partial charge on any atom is -0.0208 e. The van der Waals surface area contributed by atoms with Gasteiger partial charge in [0.1, 0.15) is 0 Å². The van der Waals surface area contributed by atoms with Crippen LogP contribution < -0.4 is 5.30 Å². The summed E-state index contributed by atoms with van der Waals surface area (Å²) in [4.78, 5) is 0. The summed E-state index contributed by atoms with van der Waals surface area (Å²) < 4.78 is 0. The minimum atomic E-state index is 0.0830. The highest BCUT2D eigenvalue weighted by Gasteiger charge is 2.14. The van der Waals surface area contributed by atoms with Crippen LogP contribution in [0.4, 0.5) is 0 Å². The second-order valence-electron chi connectivity index (χ2n) is 5.35. The van der Waals surface area contributed by atoms with Crippen molar-refractivity contribution in [1.29, 1.82) is 0 Å². The maximum absolute atomic E-state index is 2.41. The molecule has 0 bridgehead atoms. The van der Waals surface area contributed by atoms with Crippen molar-refractivity contribution in [2.45, 2.75) is 60.3 Å². The standard InChI is InChI=1S/C17H29P/c1-6-8-12-18(13-9-7-2)17-11-10-14(3)15(4)16(17)5/h10-11H,6-9,12-13H2,1-5H3. The first kappa shape index (κ1) is 15.7. The van der Waals surface area contributed by atoms with Crippen LogP contribution in [0.5, 0.6) is 0 Å². The van der Waals surface area contributed by atoms with Gasteiger partial charge in [-0.2, -0.15) is 0 Å². The first-order valence-electron chi connectivity index (χ1n) is 7.43. The van der Waals surface area contributed by atoms with E-state index in [0.717, 1.165) is 0 Å². The van der Waals surface area contributed by atoms with E-state index in [2.05, 4.69) is 46.8 Å². The van der Waals surface area contributed by atoms with Crippen molar-refractivity contribution in [1.82, 2.24) is 0 Å². The Morgan fingerprint density at radius 1 is 0.833 bits per heavy atom. The molecule has 0 atom stereocenters. The van der Waals surface area contributed by atoms with Gasteiger partial charge in [0.25, 0.3) is 0 Å². The van der Waals surface area contributed by atoms with Gasteiger partial charge in [0, 0.05) is 0 Å². The molecule has 0 radical (unpaired) electrons. The van der Waals surface area contributed by atoms with E-state index in [-0.39, 0.29) is 7.92 Å². The largest absolute Gasteiger partial charge is 0.0750 e. The average molecular weight is 264 g/mol. The van der Waals surface area contributed by atoms with Gasteiger partial charge in [0.15, 0.2) is 0 Å². The second kappa shape index (κ2) is 7.95. The number of hydrogen-bond donors (Lipinski definition) is 0. The fourth-order valence-corrected chi connectivity index (χ4v) is 5.36. The van der Waals surface area contributed by atoms with Gasteiger partial charge in [-0.25, -0.2) is 0 Å². The smallest absolute Gasteiger partial charge is 0.0208 e. The van der Waals surface area contributed by atoms with Crippen molar-refractivity contribution in [3.63, 3.8) is 0 Å². The highest BCUT2D eigenvalue weighted by Crippen LogP contribution is 2.38. The molecule has 1 aromatic carbocycles. The normalized spacial score (nSPS) is 11.2. The van der Waals surface area contributed by atoms with Gasteiger partial charge in [0.2, 0.25) is 0 Å². The van der Waals surface area contributed by atoms with Crippen LogP contribution in [0.15, 0.2) is 12.1 Å². The molecule has 0 aromatic heterocycles. The Morgan fingerprint density at radius 2 is 1.39 bits per heavy atom. The van der Waals surface area contributed by atoms with Gasteiger partial charge in [0.05, 0.1) is 0 Å². The average Bonchev–Trinajstić information content (AvgIpc) is 2.37. The summed E-state index contributed by atoms with van der Waals surface area (Å²) >= 11 is 0. The highest BCUT2D eigenvalue weighted by atomic mass is 31.1. The monoisotopic (exact) mass is 264 g/mol. The van der Waals surface area contributed by atoms with Crippen molar-refractivity contribution in [2.24, 2.45) is 0 Å². The number of hydrogen-bond acceptors (Lipinski definition) is 0. The van der Waals surface area contributed by atoms with Crippen molar-refractivity contribution in [2.75, 3.05) is 12.3 Å². The lowest BCUT2D eigenvalue weighted by Gasteiger charge is -2.22. The van der Waals surface area contributed by atoms with Crippen LogP contribution in [0.1, 0.15) is 56.2 Å². The zero-order chi connectivity index (χ0) is 13.5. The van der Waals surface area contributed by atoms with Gasteiger partial charge in [-0.15, -0.1) is 0 Å². The van der Waals surface area contributed by atoms with E-state index in [1.807, 2.05) is 0 Å². The Morgan fingerprint density at radius 3 is 1.89 bits per heavy atom. The van der Waals surface area contributed by atoms with E-state index in [4.69, 9.17) is 0 Å². The molecule has 0 unspecified atom stereocenters. The molecular formula is C17H29P. The molecule has 0 spiro atoms. The maximum atomic E-state index is 2.41. The topological polar surface area (TPSA) is 0 Å². The zero-order valence-corrected chi connectivity index (χ0v) is 13.7. The van der Waals surface area contributed by atoms with Crippen LogP contribution in [0, 0.1) is 20.8 Å². The van der Waals surface area contributed by atoms with E-state index in [9.17, 15) is 0 Å². The molecule has 0 N–H and O–H groups in total. The van der Waals surface area contributed by atoms with Gasteiger partial charge >= 0.3 is 0 Å². The predicted molar refractivity (Wildman–Crippen MR) is 86.8 cm³/mol. The molecule has 0 amide bonds. The quantitative estimate of drug-likeness (QED) is 0.585. The lowest BCUT2D eigenvalue weighted by Crippen LogP contribution is -2.12. The molecule has 1 rings (SSSR count). The van der Waals surface area contributed by atoms with Crippen molar-refractivity contribution in [3.8, 4) is 0 Å². The number of rotatable bonds is 7. The SMILES string of the molecule is CCCCP(CCCC)c1ccc(C)c(C)c1C. The van der Waals surface area contributed by atoms with Crippen LogP contribution in [0.3, 0.4) is 0 Å². The summed E-state index contributed by atoms with van der Waals surface area (Å²) in [5.74, 6) is 0. The number of benzene rings is 1. The summed E-state index contributed by atoms with van der Waals surface area (Å²) in [6.45, 7) is 11.4. The highest BCUT2D eigenvalue weighted by molar-refractivity contribution is 7.65. The third kappa shape index (κ3) is 4.09. The Bertz CT molecular complexity index is 360. The van der Waals surface area contributed by atoms with Gasteiger partial charge < -0.3 is 0 Å². The second-order valence-corrected chi connectivity index (χ2v) is 7.80. The number of unbranched alkanes of at least 4 members (excludes halogenated alkanes) is 2. The molecule has 18 heavy (non-hydrogen) atoms. The molecule has 0 nitrogen and oxygen atoms in total. The van der Waals surface area contributed by atoms with E-state index in [1.54, 1.807) is 10.9 Å². The van der Waals surface area contributed by atoms with E-state index < -0.39 is 0 Å². The molecule has 0 fully saturated rings. The predicted octanol–water partition coefficient (Wildman–Crippen LogP) is 5.32. The lowest BCUT2D eigenvalue weighted by atomic mass is 10.1. The molecule has 0 aliphatic carbocycles. The Kier molecular flexibility index (Phi) is 6.94. The van der Waals surface area contributed by atoms with Gasteiger partial charge in [-0.3, -0.25) is 0 Å². The summed E-state index contributed by atoms with van der Waals surface area (Å²) in [6, 6.07) is 4.74.